The molecule has 0 radical (unpaired) electrons. The third-order valence-corrected chi connectivity index (χ3v) is 5.66. The Hall–Kier alpha value is -1.35. The second-order valence-electron chi connectivity index (χ2n) is 6.99. The Morgan fingerprint density at radius 1 is 1.38 bits per heavy atom. The van der Waals surface area contributed by atoms with Gasteiger partial charge in [-0.1, -0.05) is 25.4 Å². The second-order valence-corrected chi connectivity index (χ2v) is 7.42. The minimum Gasteiger partial charge on any atom is -0.325 e. The topological polar surface area (TPSA) is 46.2 Å². The minimum atomic E-state index is -0.819. The highest BCUT2D eigenvalue weighted by Crippen LogP contribution is 2.60. The van der Waals surface area contributed by atoms with Gasteiger partial charge in [0.1, 0.15) is 5.41 Å². The summed E-state index contributed by atoms with van der Waals surface area (Å²) in [4.78, 5) is 25.5. The SMILES string of the molecule is Cc1cc(Cl)ccc1NC(=O)C12CCC(C1)C(C)(C)C2=O. The fourth-order valence-corrected chi connectivity index (χ4v) is 4.21. The number of anilines is 1. The van der Waals surface area contributed by atoms with Gasteiger partial charge in [0, 0.05) is 16.1 Å². The Morgan fingerprint density at radius 3 is 2.67 bits per heavy atom. The van der Waals surface area contributed by atoms with Crippen molar-refractivity contribution in [1.82, 2.24) is 0 Å². The molecule has 0 saturated heterocycles. The Labute approximate surface area is 130 Å². The van der Waals surface area contributed by atoms with E-state index in [9.17, 15) is 9.59 Å². The maximum Gasteiger partial charge on any atom is 0.238 e. The molecule has 2 aliphatic rings. The van der Waals surface area contributed by atoms with E-state index in [1.54, 1.807) is 12.1 Å². The molecule has 0 heterocycles. The van der Waals surface area contributed by atoms with Crippen molar-refractivity contribution in [2.75, 3.05) is 5.32 Å². The summed E-state index contributed by atoms with van der Waals surface area (Å²) in [7, 11) is 0. The van der Waals surface area contributed by atoms with Crippen molar-refractivity contribution in [3.63, 3.8) is 0 Å². The van der Waals surface area contributed by atoms with Crippen molar-refractivity contribution >= 4 is 29.0 Å². The predicted molar refractivity (Wildman–Crippen MR) is 83.4 cm³/mol. The molecule has 0 aliphatic heterocycles. The van der Waals surface area contributed by atoms with Gasteiger partial charge in [0.2, 0.25) is 5.91 Å². The summed E-state index contributed by atoms with van der Waals surface area (Å²) in [5, 5.41) is 3.59. The molecule has 1 aromatic carbocycles. The van der Waals surface area contributed by atoms with Crippen molar-refractivity contribution < 1.29 is 9.59 Å². The monoisotopic (exact) mass is 305 g/mol. The number of rotatable bonds is 2. The van der Waals surface area contributed by atoms with Gasteiger partial charge < -0.3 is 5.32 Å². The van der Waals surface area contributed by atoms with E-state index in [4.69, 9.17) is 11.6 Å². The molecule has 3 rings (SSSR count). The van der Waals surface area contributed by atoms with Crippen LogP contribution < -0.4 is 5.32 Å². The highest BCUT2D eigenvalue weighted by Gasteiger charge is 2.65. The summed E-state index contributed by atoms with van der Waals surface area (Å²) in [6.45, 7) is 5.85. The van der Waals surface area contributed by atoms with E-state index in [1.807, 2.05) is 26.8 Å². The average molecular weight is 306 g/mol. The van der Waals surface area contributed by atoms with E-state index >= 15 is 0 Å². The number of hydrogen-bond donors (Lipinski definition) is 1. The van der Waals surface area contributed by atoms with Gasteiger partial charge in [0.15, 0.2) is 5.78 Å². The Morgan fingerprint density at radius 2 is 2.10 bits per heavy atom. The number of halogens is 1. The first-order valence-electron chi connectivity index (χ1n) is 7.40. The summed E-state index contributed by atoms with van der Waals surface area (Å²) in [5.41, 5.74) is 0.455. The van der Waals surface area contributed by atoms with Crippen LogP contribution in [0.4, 0.5) is 5.69 Å². The maximum atomic E-state index is 12.8. The molecule has 1 N–H and O–H groups in total. The number of fused-ring (bicyclic) bond motifs is 2. The van der Waals surface area contributed by atoms with Gasteiger partial charge in [-0.15, -0.1) is 0 Å². The van der Waals surface area contributed by atoms with Gasteiger partial charge in [-0.05, 0) is 55.9 Å². The largest absolute Gasteiger partial charge is 0.325 e. The molecule has 0 spiro atoms. The molecule has 3 nitrogen and oxygen atoms in total. The normalized spacial score (nSPS) is 29.7. The molecule has 2 fully saturated rings. The summed E-state index contributed by atoms with van der Waals surface area (Å²) >= 11 is 5.94. The number of amides is 1. The van der Waals surface area contributed by atoms with Crippen LogP contribution >= 0.6 is 11.6 Å². The standard InChI is InChI=1S/C17H20ClNO2/c1-10-8-12(18)4-5-13(10)19-15(21)17-7-6-11(9-17)16(2,3)14(17)20/h4-5,8,11H,6-7,9H2,1-3H3,(H,19,21). The van der Waals surface area contributed by atoms with E-state index < -0.39 is 5.41 Å². The maximum absolute atomic E-state index is 12.8. The minimum absolute atomic E-state index is 0.107. The van der Waals surface area contributed by atoms with Crippen molar-refractivity contribution in [1.29, 1.82) is 0 Å². The number of Topliss-reactive ketones (excluding diaryl/α,β-unsaturated/α-hetero) is 1. The Balaban J connectivity index is 1.88. The fourth-order valence-electron chi connectivity index (χ4n) is 3.99. The molecule has 0 aromatic heterocycles. The van der Waals surface area contributed by atoms with Crippen LogP contribution in [-0.4, -0.2) is 11.7 Å². The van der Waals surface area contributed by atoms with E-state index in [2.05, 4.69) is 5.32 Å². The smallest absolute Gasteiger partial charge is 0.238 e. The quantitative estimate of drug-likeness (QED) is 0.840. The zero-order valence-corrected chi connectivity index (χ0v) is 13.4. The number of benzene rings is 1. The first kappa shape index (κ1) is 14.6. The number of aryl methyl sites for hydroxylation is 1. The lowest BCUT2D eigenvalue weighted by molar-refractivity contribution is -0.142. The van der Waals surface area contributed by atoms with Crippen LogP contribution in [0.3, 0.4) is 0 Å². The molecule has 2 aliphatic carbocycles. The summed E-state index contributed by atoms with van der Waals surface area (Å²) in [6, 6.07) is 5.36. The van der Waals surface area contributed by atoms with Crippen molar-refractivity contribution in [3.8, 4) is 0 Å². The molecule has 2 unspecified atom stereocenters. The molecule has 2 bridgehead atoms. The molecule has 1 aromatic rings. The van der Waals surface area contributed by atoms with E-state index in [1.165, 1.54) is 0 Å². The average Bonchev–Trinajstić information content (AvgIpc) is 2.93. The van der Waals surface area contributed by atoms with E-state index in [-0.39, 0.29) is 17.1 Å². The lowest BCUT2D eigenvalue weighted by atomic mass is 9.70. The number of carbonyl (C=O) groups excluding carboxylic acids is 2. The van der Waals surface area contributed by atoms with Crippen LogP contribution in [0.2, 0.25) is 5.02 Å². The highest BCUT2D eigenvalue weighted by molar-refractivity contribution is 6.30. The van der Waals surface area contributed by atoms with Crippen LogP contribution in [0.5, 0.6) is 0 Å². The van der Waals surface area contributed by atoms with Crippen LogP contribution in [0, 0.1) is 23.7 Å². The predicted octanol–water partition coefficient (Wildman–Crippen LogP) is 3.98. The molecule has 2 atom stereocenters. The third kappa shape index (κ3) is 2.02. The van der Waals surface area contributed by atoms with Gasteiger partial charge in [-0.2, -0.15) is 0 Å². The summed E-state index contributed by atoms with van der Waals surface area (Å²) in [6.07, 6.45) is 2.33. The van der Waals surface area contributed by atoms with Crippen molar-refractivity contribution in [2.45, 2.75) is 40.0 Å². The first-order valence-corrected chi connectivity index (χ1v) is 7.78. The molecule has 21 heavy (non-hydrogen) atoms. The molecule has 4 heteroatoms. The number of ketones is 1. The first-order chi connectivity index (χ1) is 9.77. The lowest BCUT2D eigenvalue weighted by Gasteiger charge is -2.32. The van der Waals surface area contributed by atoms with E-state index in [0.717, 1.165) is 17.7 Å². The summed E-state index contributed by atoms with van der Waals surface area (Å²) < 4.78 is 0. The van der Waals surface area contributed by atoms with Gasteiger partial charge >= 0.3 is 0 Å². The fraction of sp³-hybridized carbons (Fsp3) is 0.529. The second kappa shape index (κ2) is 4.57. The van der Waals surface area contributed by atoms with Crippen LogP contribution in [0.25, 0.3) is 0 Å². The van der Waals surface area contributed by atoms with Gasteiger partial charge in [0.25, 0.3) is 0 Å². The van der Waals surface area contributed by atoms with E-state index in [0.29, 0.717) is 23.8 Å². The number of hydrogen-bond acceptors (Lipinski definition) is 2. The number of nitrogens with one attached hydrogen (secondary N) is 1. The molecular formula is C17H20ClNO2. The zero-order valence-electron chi connectivity index (χ0n) is 12.6. The van der Waals surface area contributed by atoms with Gasteiger partial charge in [-0.25, -0.2) is 0 Å². The molecule has 112 valence electrons. The molecule has 2 saturated carbocycles. The number of carbonyl (C=O) groups is 2. The van der Waals surface area contributed by atoms with Crippen molar-refractivity contribution in [3.05, 3.63) is 28.8 Å². The zero-order chi connectivity index (χ0) is 15.4. The molecule has 1 amide bonds. The van der Waals surface area contributed by atoms with Crippen LogP contribution in [0.1, 0.15) is 38.7 Å². The Bertz CT molecular complexity index is 638. The van der Waals surface area contributed by atoms with Gasteiger partial charge in [-0.3, -0.25) is 9.59 Å². The van der Waals surface area contributed by atoms with Crippen LogP contribution in [0.15, 0.2) is 18.2 Å². The summed E-state index contributed by atoms with van der Waals surface area (Å²) in [5.74, 6) is 0.295. The lowest BCUT2D eigenvalue weighted by Crippen LogP contribution is -2.44. The highest BCUT2D eigenvalue weighted by atomic mass is 35.5. The van der Waals surface area contributed by atoms with Crippen molar-refractivity contribution in [2.24, 2.45) is 16.7 Å². The third-order valence-electron chi connectivity index (χ3n) is 5.43. The van der Waals surface area contributed by atoms with Crippen LogP contribution in [-0.2, 0) is 9.59 Å². The van der Waals surface area contributed by atoms with Gasteiger partial charge in [0.05, 0.1) is 0 Å². The molecular weight excluding hydrogens is 286 g/mol. The Kier molecular flexibility index (Phi) is 3.17.